The summed E-state index contributed by atoms with van der Waals surface area (Å²) < 4.78 is 4.73. The van der Waals surface area contributed by atoms with Gasteiger partial charge in [0.15, 0.2) is 5.96 Å². The minimum atomic E-state index is -0.223. The highest BCUT2D eigenvalue weighted by Gasteiger charge is 2.22. The van der Waals surface area contributed by atoms with Crippen LogP contribution in [0.25, 0.3) is 0 Å². The van der Waals surface area contributed by atoms with Gasteiger partial charge in [-0.05, 0) is 6.07 Å². The van der Waals surface area contributed by atoms with Crippen molar-refractivity contribution in [2.75, 3.05) is 51.8 Å². The fourth-order valence-corrected chi connectivity index (χ4v) is 2.43. The predicted molar refractivity (Wildman–Crippen MR) is 88.4 cm³/mol. The first kappa shape index (κ1) is 17.0. The second-order valence-electron chi connectivity index (χ2n) is 5.38. The molecule has 0 saturated carbocycles. The Morgan fingerprint density at radius 2 is 2.00 bits per heavy atom. The Morgan fingerprint density at radius 1 is 1.35 bits per heavy atom. The van der Waals surface area contributed by atoms with E-state index in [1.807, 2.05) is 13.0 Å². The smallest absolute Gasteiger partial charge is 0.310 e. The number of carbonyl (C=O) groups is 1. The quantitative estimate of drug-likeness (QED) is 0.474. The van der Waals surface area contributed by atoms with E-state index in [1.165, 1.54) is 7.11 Å². The van der Waals surface area contributed by atoms with E-state index in [1.54, 1.807) is 19.4 Å². The summed E-state index contributed by atoms with van der Waals surface area (Å²) in [5, 5.41) is 3.23. The molecule has 0 radical (unpaired) electrons. The lowest BCUT2D eigenvalue weighted by atomic mass is 10.2. The number of methoxy groups -OCH3 is 1. The maximum atomic E-state index is 11.5. The van der Waals surface area contributed by atoms with Crippen LogP contribution in [-0.4, -0.2) is 73.7 Å². The number of rotatable bonds is 4. The number of esters is 1. The molecule has 0 aromatic carbocycles. The van der Waals surface area contributed by atoms with E-state index in [4.69, 9.17) is 4.74 Å². The summed E-state index contributed by atoms with van der Waals surface area (Å²) in [4.78, 5) is 28.6. The van der Waals surface area contributed by atoms with Gasteiger partial charge in [-0.15, -0.1) is 0 Å². The van der Waals surface area contributed by atoms with Crippen molar-refractivity contribution in [2.24, 2.45) is 10.9 Å². The second-order valence-corrected chi connectivity index (χ2v) is 5.38. The van der Waals surface area contributed by atoms with Gasteiger partial charge in [-0.25, -0.2) is 9.97 Å². The summed E-state index contributed by atoms with van der Waals surface area (Å²) in [5.41, 5.74) is 0. The first-order valence-electron chi connectivity index (χ1n) is 7.71. The molecule has 8 nitrogen and oxygen atoms in total. The van der Waals surface area contributed by atoms with E-state index in [0.717, 1.165) is 38.1 Å². The van der Waals surface area contributed by atoms with Crippen LogP contribution in [0, 0.1) is 5.92 Å². The van der Waals surface area contributed by atoms with Gasteiger partial charge in [0.05, 0.1) is 13.0 Å². The lowest BCUT2D eigenvalue weighted by molar-refractivity contribution is -0.144. The van der Waals surface area contributed by atoms with Gasteiger partial charge in [-0.3, -0.25) is 9.79 Å². The standard InChI is InChI=1S/C15H24N6O2/c1-12(13(22)23-3)11-19-14(16-2)20-7-9-21(10-8-20)15-17-5-4-6-18-15/h4-6,12H,7-11H2,1-3H3,(H,16,19). The van der Waals surface area contributed by atoms with Crippen molar-refractivity contribution in [3.8, 4) is 0 Å². The number of hydrogen-bond donors (Lipinski definition) is 1. The van der Waals surface area contributed by atoms with Gasteiger partial charge in [0.1, 0.15) is 0 Å². The van der Waals surface area contributed by atoms with Gasteiger partial charge >= 0.3 is 5.97 Å². The average molecular weight is 320 g/mol. The molecule has 0 bridgehead atoms. The van der Waals surface area contributed by atoms with E-state index in [0.29, 0.717) is 6.54 Å². The molecule has 1 N–H and O–H groups in total. The van der Waals surface area contributed by atoms with Crippen LogP contribution in [0.5, 0.6) is 0 Å². The maximum Gasteiger partial charge on any atom is 0.310 e. The molecule has 1 unspecified atom stereocenters. The molecule has 2 heterocycles. The first-order chi connectivity index (χ1) is 11.2. The fourth-order valence-electron chi connectivity index (χ4n) is 2.43. The van der Waals surface area contributed by atoms with Crippen molar-refractivity contribution >= 4 is 17.9 Å². The second kappa shape index (κ2) is 8.30. The van der Waals surface area contributed by atoms with Crippen molar-refractivity contribution in [3.05, 3.63) is 18.5 Å². The monoisotopic (exact) mass is 320 g/mol. The molecule has 1 saturated heterocycles. The fraction of sp³-hybridized carbons (Fsp3) is 0.600. The normalized spacial score (nSPS) is 16.9. The highest BCUT2D eigenvalue weighted by atomic mass is 16.5. The van der Waals surface area contributed by atoms with E-state index >= 15 is 0 Å². The minimum absolute atomic E-state index is 0.212. The predicted octanol–water partition coefficient (Wildman–Crippen LogP) is -0.0169. The van der Waals surface area contributed by atoms with Gasteiger partial charge < -0.3 is 19.9 Å². The average Bonchev–Trinajstić information content (AvgIpc) is 2.62. The van der Waals surface area contributed by atoms with Crippen LogP contribution < -0.4 is 10.2 Å². The Kier molecular flexibility index (Phi) is 6.13. The number of anilines is 1. The van der Waals surface area contributed by atoms with Crippen molar-refractivity contribution in [1.29, 1.82) is 0 Å². The molecule has 1 fully saturated rings. The number of ether oxygens (including phenoxy) is 1. The summed E-state index contributed by atoms with van der Waals surface area (Å²) >= 11 is 0. The molecule has 1 aromatic rings. The van der Waals surface area contributed by atoms with E-state index < -0.39 is 0 Å². The third-order valence-corrected chi connectivity index (χ3v) is 3.80. The molecule has 1 aromatic heterocycles. The zero-order valence-electron chi connectivity index (χ0n) is 13.9. The number of aliphatic imine (C=N–C) groups is 1. The number of hydrogen-bond acceptors (Lipinski definition) is 6. The Bertz CT molecular complexity index is 528. The van der Waals surface area contributed by atoms with Crippen molar-refractivity contribution in [1.82, 2.24) is 20.2 Å². The summed E-state index contributed by atoms with van der Waals surface area (Å²) in [6.07, 6.45) is 3.51. The molecule has 126 valence electrons. The van der Waals surface area contributed by atoms with Crippen LogP contribution in [0.3, 0.4) is 0 Å². The van der Waals surface area contributed by atoms with Crippen LogP contribution in [0.2, 0.25) is 0 Å². The van der Waals surface area contributed by atoms with Crippen LogP contribution in [0.4, 0.5) is 5.95 Å². The third kappa shape index (κ3) is 4.54. The summed E-state index contributed by atoms with van der Waals surface area (Å²) in [7, 11) is 3.15. The number of nitrogens with one attached hydrogen (secondary N) is 1. The molecule has 1 aliphatic rings. The molecule has 0 amide bonds. The topological polar surface area (TPSA) is 83.0 Å². The van der Waals surface area contributed by atoms with Crippen LogP contribution in [0.1, 0.15) is 6.92 Å². The van der Waals surface area contributed by atoms with Gasteiger partial charge in [-0.1, -0.05) is 6.92 Å². The molecular formula is C15H24N6O2. The van der Waals surface area contributed by atoms with Gasteiger partial charge in [-0.2, -0.15) is 0 Å². The van der Waals surface area contributed by atoms with E-state index in [2.05, 4.69) is 30.1 Å². The molecule has 1 aliphatic heterocycles. The number of aromatic nitrogens is 2. The van der Waals surface area contributed by atoms with Crippen molar-refractivity contribution in [3.63, 3.8) is 0 Å². The molecule has 0 spiro atoms. The van der Waals surface area contributed by atoms with Crippen molar-refractivity contribution in [2.45, 2.75) is 6.92 Å². The summed E-state index contributed by atoms with van der Waals surface area (Å²) in [6, 6.07) is 1.81. The molecule has 2 rings (SSSR count). The van der Waals surface area contributed by atoms with Gasteiger partial charge in [0, 0.05) is 52.2 Å². The molecule has 0 aliphatic carbocycles. The van der Waals surface area contributed by atoms with E-state index in [-0.39, 0.29) is 11.9 Å². The van der Waals surface area contributed by atoms with E-state index in [9.17, 15) is 4.79 Å². The maximum absolute atomic E-state index is 11.5. The Hall–Kier alpha value is -2.38. The Balaban J connectivity index is 1.84. The first-order valence-corrected chi connectivity index (χ1v) is 7.71. The molecule has 23 heavy (non-hydrogen) atoms. The van der Waals surface area contributed by atoms with Gasteiger partial charge in [0.2, 0.25) is 5.95 Å². The molecule has 1 atom stereocenters. The summed E-state index contributed by atoms with van der Waals surface area (Å²) in [6.45, 7) is 5.64. The number of carbonyl (C=O) groups excluding carboxylic acids is 1. The van der Waals surface area contributed by atoms with Crippen LogP contribution >= 0.6 is 0 Å². The Labute approximate surface area is 136 Å². The molecular weight excluding hydrogens is 296 g/mol. The highest BCUT2D eigenvalue weighted by Crippen LogP contribution is 2.09. The van der Waals surface area contributed by atoms with Crippen LogP contribution in [-0.2, 0) is 9.53 Å². The minimum Gasteiger partial charge on any atom is -0.469 e. The SMILES string of the molecule is CN=C(NCC(C)C(=O)OC)N1CCN(c2ncccn2)CC1. The number of guanidine groups is 1. The number of nitrogens with zero attached hydrogens (tertiary/aromatic N) is 5. The lowest BCUT2D eigenvalue weighted by Gasteiger charge is -2.36. The summed E-state index contributed by atoms with van der Waals surface area (Å²) in [5.74, 6) is 1.12. The zero-order valence-corrected chi connectivity index (χ0v) is 13.9. The third-order valence-electron chi connectivity index (χ3n) is 3.80. The highest BCUT2D eigenvalue weighted by molar-refractivity contribution is 5.81. The Morgan fingerprint density at radius 3 is 2.57 bits per heavy atom. The molecule has 8 heteroatoms. The van der Waals surface area contributed by atoms with Crippen LogP contribution in [0.15, 0.2) is 23.5 Å². The zero-order chi connectivity index (χ0) is 16.7. The van der Waals surface area contributed by atoms with Crippen molar-refractivity contribution < 1.29 is 9.53 Å². The largest absolute Gasteiger partial charge is 0.469 e. The number of piperazine rings is 1. The lowest BCUT2D eigenvalue weighted by Crippen LogP contribution is -2.53. The van der Waals surface area contributed by atoms with Gasteiger partial charge in [0.25, 0.3) is 0 Å².